The number of carbonyl (C=O) groups excluding carboxylic acids is 2. The zero-order valence-electron chi connectivity index (χ0n) is 15.3. The lowest BCUT2D eigenvalue weighted by Crippen LogP contribution is -2.41. The first-order valence-corrected chi connectivity index (χ1v) is 7.84. The molecule has 0 saturated carbocycles. The van der Waals surface area contributed by atoms with Crippen molar-refractivity contribution < 1.29 is 19.1 Å². The molecule has 1 aromatic carbocycles. The number of amides is 1. The zero-order chi connectivity index (χ0) is 19.4. The van der Waals surface area contributed by atoms with Crippen molar-refractivity contribution in [1.29, 1.82) is 0 Å². The van der Waals surface area contributed by atoms with Crippen LogP contribution >= 0.6 is 0 Å². The number of Topliss-reactive ketones (excluding diaryl/α,β-unsaturated/α-hetero) is 1. The summed E-state index contributed by atoms with van der Waals surface area (Å²) in [5.41, 5.74) is 0.531. The number of hydrogen-bond donors (Lipinski definition) is 0. The summed E-state index contributed by atoms with van der Waals surface area (Å²) in [6.07, 6.45) is 0. The Bertz CT molecular complexity index is 889. The van der Waals surface area contributed by atoms with Gasteiger partial charge in [-0.05, 0) is 31.2 Å². The van der Waals surface area contributed by atoms with Crippen LogP contribution in [0.4, 0.5) is 0 Å². The van der Waals surface area contributed by atoms with Gasteiger partial charge in [0.05, 0.1) is 19.9 Å². The van der Waals surface area contributed by atoms with Crippen molar-refractivity contribution in [3.05, 3.63) is 40.7 Å². The highest BCUT2D eigenvalue weighted by molar-refractivity contribution is 6.02. The standard InChI is InChI=1S/C18H21N3O5/c1-11(22)17(18(24)20(2)3)21-16(23)9-7-13(19-21)12-6-8-14(25-4)15(10-12)26-5/h6-10,17H,1-5H3/t17-/m0/s1. The predicted molar refractivity (Wildman–Crippen MR) is 95.4 cm³/mol. The van der Waals surface area contributed by atoms with Crippen molar-refractivity contribution in [2.45, 2.75) is 13.0 Å². The molecule has 0 spiro atoms. The van der Waals surface area contributed by atoms with Crippen LogP contribution in [0, 0.1) is 0 Å². The van der Waals surface area contributed by atoms with Gasteiger partial charge < -0.3 is 14.4 Å². The van der Waals surface area contributed by atoms with Crippen LogP contribution in [-0.2, 0) is 9.59 Å². The van der Waals surface area contributed by atoms with Gasteiger partial charge in [0.25, 0.3) is 11.5 Å². The molecular weight excluding hydrogens is 338 g/mol. The van der Waals surface area contributed by atoms with Crippen LogP contribution in [0.2, 0.25) is 0 Å². The number of likely N-dealkylation sites (N-methyl/N-ethyl adjacent to an activating group) is 1. The zero-order valence-corrected chi connectivity index (χ0v) is 15.3. The van der Waals surface area contributed by atoms with E-state index in [-0.39, 0.29) is 0 Å². The second kappa shape index (κ2) is 7.81. The number of aromatic nitrogens is 2. The highest BCUT2D eigenvalue weighted by Crippen LogP contribution is 2.31. The van der Waals surface area contributed by atoms with Crippen molar-refractivity contribution in [1.82, 2.24) is 14.7 Å². The van der Waals surface area contributed by atoms with Gasteiger partial charge in [-0.1, -0.05) is 0 Å². The molecule has 0 aliphatic heterocycles. The molecule has 1 heterocycles. The fourth-order valence-corrected chi connectivity index (χ4v) is 2.46. The Balaban J connectivity index is 2.58. The van der Waals surface area contributed by atoms with Crippen LogP contribution in [-0.4, -0.2) is 54.7 Å². The summed E-state index contributed by atoms with van der Waals surface area (Å²) < 4.78 is 11.4. The fraction of sp³-hybridized carbons (Fsp3) is 0.333. The number of benzene rings is 1. The molecular formula is C18H21N3O5. The summed E-state index contributed by atoms with van der Waals surface area (Å²) in [7, 11) is 6.07. The number of hydrogen-bond acceptors (Lipinski definition) is 6. The van der Waals surface area contributed by atoms with Gasteiger partial charge in [-0.3, -0.25) is 14.4 Å². The largest absolute Gasteiger partial charge is 0.493 e. The molecule has 1 amide bonds. The molecule has 2 rings (SSSR count). The minimum absolute atomic E-state index is 0.420. The molecule has 8 heteroatoms. The van der Waals surface area contributed by atoms with E-state index in [4.69, 9.17) is 9.47 Å². The van der Waals surface area contributed by atoms with E-state index in [2.05, 4.69) is 5.10 Å². The van der Waals surface area contributed by atoms with E-state index in [1.165, 1.54) is 52.3 Å². The number of methoxy groups -OCH3 is 2. The summed E-state index contributed by atoms with van der Waals surface area (Å²) >= 11 is 0. The van der Waals surface area contributed by atoms with E-state index >= 15 is 0 Å². The molecule has 2 aromatic rings. The highest BCUT2D eigenvalue weighted by atomic mass is 16.5. The molecule has 0 aliphatic carbocycles. The van der Waals surface area contributed by atoms with Crippen LogP contribution in [0.25, 0.3) is 11.3 Å². The molecule has 1 atom stereocenters. The molecule has 0 N–H and O–H groups in total. The minimum Gasteiger partial charge on any atom is -0.493 e. The van der Waals surface area contributed by atoms with E-state index in [1.54, 1.807) is 18.2 Å². The van der Waals surface area contributed by atoms with Crippen molar-refractivity contribution in [3.63, 3.8) is 0 Å². The van der Waals surface area contributed by atoms with Gasteiger partial charge in [-0.2, -0.15) is 5.10 Å². The van der Waals surface area contributed by atoms with E-state index in [0.29, 0.717) is 22.8 Å². The quantitative estimate of drug-likeness (QED) is 0.719. The number of rotatable bonds is 6. The van der Waals surface area contributed by atoms with Gasteiger partial charge in [0.1, 0.15) is 0 Å². The fourth-order valence-electron chi connectivity index (χ4n) is 2.46. The molecule has 0 saturated heterocycles. The Kier molecular flexibility index (Phi) is 5.76. The molecule has 138 valence electrons. The summed E-state index contributed by atoms with van der Waals surface area (Å²) in [5.74, 6) is 0.0605. The minimum atomic E-state index is -1.31. The second-order valence-corrected chi connectivity index (χ2v) is 5.82. The van der Waals surface area contributed by atoms with Crippen LogP contribution in [0.1, 0.15) is 13.0 Å². The molecule has 0 aliphatic rings. The van der Waals surface area contributed by atoms with E-state index in [0.717, 1.165) is 4.68 Å². The lowest BCUT2D eigenvalue weighted by Gasteiger charge is -2.20. The molecule has 1 aromatic heterocycles. The SMILES string of the molecule is COc1ccc(-c2ccc(=O)n([C@@H](C(C)=O)C(=O)N(C)C)n2)cc1OC. The summed E-state index contributed by atoms with van der Waals surface area (Å²) in [6.45, 7) is 1.25. The summed E-state index contributed by atoms with van der Waals surface area (Å²) in [5, 5.41) is 4.24. The Morgan fingerprint density at radius 1 is 1.08 bits per heavy atom. The first-order chi connectivity index (χ1) is 12.3. The maximum Gasteiger partial charge on any atom is 0.267 e. The Hall–Kier alpha value is -3.16. The maximum atomic E-state index is 12.3. The Morgan fingerprint density at radius 3 is 2.27 bits per heavy atom. The van der Waals surface area contributed by atoms with E-state index < -0.39 is 23.3 Å². The monoisotopic (exact) mass is 359 g/mol. The predicted octanol–water partition coefficient (Wildman–Crippen LogP) is 1.15. The first-order valence-electron chi connectivity index (χ1n) is 7.84. The van der Waals surface area contributed by atoms with Gasteiger partial charge in [0.15, 0.2) is 23.3 Å². The van der Waals surface area contributed by atoms with Crippen molar-refractivity contribution >= 4 is 11.7 Å². The number of ketones is 1. The van der Waals surface area contributed by atoms with E-state index in [9.17, 15) is 14.4 Å². The van der Waals surface area contributed by atoms with Gasteiger partial charge in [-0.15, -0.1) is 0 Å². The third-order valence-corrected chi connectivity index (χ3v) is 3.81. The van der Waals surface area contributed by atoms with Crippen LogP contribution in [0.15, 0.2) is 35.1 Å². The Morgan fingerprint density at radius 2 is 1.73 bits per heavy atom. The van der Waals surface area contributed by atoms with Gasteiger partial charge in [0, 0.05) is 25.7 Å². The third-order valence-electron chi connectivity index (χ3n) is 3.81. The highest BCUT2D eigenvalue weighted by Gasteiger charge is 2.29. The van der Waals surface area contributed by atoms with Crippen LogP contribution < -0.4 is 15.0 Å². The topological polar surface area (TPSA) is 90.7 Å². The average molecular weight is 359 g/mol. The van der Waals surface area contributed by atoms with Crippen LogP contribution in [0.5, 0.6) is 11.5 Å². The third kappa shape index (κ3) is 3.74. The van der Waals surface area contributed by atoms with Crippen LogP contribution in [0.3, 0.4) is 0 Å². The number of nitrogens with zero attached hydrogens (tertiary/aromatic N) is 3. The number of carbonyl (C=O) groups is 2. The normalized spacial score (nSPS) is 11.6. The smallest absolute Gasteiger partial charge is 0.267 e. The molecule has 8 nitrogen and oxygen atoms in total. The lowest BCUT2D eigenvalue weighted by atomic mass is 10.1. The molecule has 0 unspecified atom stereocenters. The molecule has 0 fully saturated rings. The first kappa shape index (κ1) is 19.2. The molecule has 0 radical (unpaired) electrons. The molecule has 26 heavy (non-hydrogen) atoms. The van der Waals surface area contributed by atoms with E-state index in [1.807, 2.05) is 0 Å². The maximum absolute atomic E-state index is 12.3. The average Bonchev–Trinajstić information content (AvgIpc) is 2.62. The van der Waals surface area contributed by atoms with Crippen molar-refractivity contribution in [2.75, 3.05) is 28.3 Å². The Labute approximate surface area is 150 Å². The van der Waals surface area contributed by atoms with Gasteiger partial charge in [-0.25, -0.2) is 4.68 Å². The molecule has 0 bridgehead atoms. The second-order valence-electron chi connectivity index (χ2n) is 5.82. The van der Waals surface area contributed by atoms with Gasteiger partial charge in [0.2, 0.25) is 0 Å². The van der Waals surface area contributed by atoms with Gasteiger partial charge >= 0.3 is 0 Å². The number of ether oxygens (including phenoxy) is 2. The van der Waals surface area contributed by atoms with Crippen molar-refractivity contribution in [2.24, 2.45) is 0 Å². The summed E-state index contributed by atoms with van der Waals surface area (Å²) in [6, 6.07) is 6.65. The van der Waals surface area contributed by atoms with Crippen molar-refractivity contribution in [3.8, 4) is 22.8 Å². The lowest BCUT2D eigenvalue weighted by molar-refractivity contribution is -0.138. The summed E-state index contributed by atoms with van der Waals surface area (Å²) in [4.78, 5) is 37.8.